The fourth-order valence-electron chi connectivity index (χ4n) is 3.19. The van der Waals surface area contributed by atoms with Crippen LogP contribution in [-0.4, -0.2) is 32.7 Å². The molecule has 0 atom stereocenters. The first-order valence-electron chi connectivity index (χ1n) is 8.76. The summed E-state index contributed by atoms with van der Waals surface area (Å²) >= 11 is 6.26. The number of carbonyl (C=O) groups excluding carboxylic acids is 1. The Bertz CT molecular complexity index is 823. The van der Waals surface area contributed by atoms with Crippen LogP contribution in [0.3, 0.4) is 0 Å². The van der Waals surface area contributed by atoms with Crippen LogP contribution in [-0.2, 0) is 6.42 Å². The van der Waals surface area contributed by atoms with Gasteiger partial charge in [0.05, 0.1) is 18.7 Å². The van der Waals surface area contributed by atoms with Crippen LogP contribution in [0.25, 0.3) is 0 Å². The molecule has 2 aromatic rings. The molecular weight excluding hydrogens is 352 g/mol. The molecule has 3 rings (SSSR count). The molecule has 26 heavy (non-hydrogen) atoms. The minimum atomic E-state index is -0.241. The minimum absolute atomic E-state index is 0.241. The van der Waals surface area contributed by atoms with E-state index in [1.165, 1.54) is 18.4 Å². The molecule has 1 amide bonds. The van der Waals surface area contributed by atoms with E-state index in [0.717, 1.165) is 25.2 Å². The second-order valence-electron chi connectivity index (χ2n) is 6.05. The molecule has 1 aliphatic rings. The highest BCUT2D eigenvalue weighted by Gasteiger charge is 2.19. The van der Waals surface area contributed by atoms with Crippen LogP contribution in [0.2, 0.25) is 5.02 Å². The molecular formula is C20H23ClN2O3. The summed E-state index contributed by atoms with van der Waals surface area (Å²) in [6.45, 7) is 6.44. The number of rotatable bonds is 6. The number of amides is 1. The molecule has 0 aliphatic carbocycles. The molecule has 0 fully saturated rings. The standard InChI is InChI=1S/C20H23ClN2O3/c1-4-23-9-8-13-6-7-15(12-17(13)23)22-20(24)14-10-16(21)19(26-5-2)18(11-14)25-3/h6-7,10-12H,4-5,8-9H2,1-3H3,(H,22,24). The van der Waals surface area contributed by atoms with Crippen molar-refractivity contribution in [2.45, 2.75) is 20.3 Å². The lowest BCUT2D eigenvalue weighted by Crippen LogP contribution is -2.19. The summed E-state index contributed by atoms with van der Waals surface area (Å²) in [6.07, 6.45) is 1.04. The number of benzene rings is 2. The van der Waals surface area contributed by atoms with E-state index in [2.05, 4.69) is 23.2 Å². The molecule has 0 unspecified atom stereocenters. The average molecular weight is 375 g/mol. The number of carbonyl (C=O) groups is 1. The third kappa shape index (κ3) is 3.58. The Labute approximate surface area is 158 Å². The van der Waals surface area contributed by atoms with Crippen molar-refractivity contribution in [1.82, 2.24) is 0 Å². The molecule has 1 heterocycles. The first-order valence-corrected chi connectivity index (χ1v) is 9.14. The van der Waals surface area contributed by atoms with Gasteiger partial charge in [0.15, 0.2) is 11.5 Å². The molecule has 0 bridgehead atoms. The second kappa shape index (κ2) is 7.87. The Kier molecular flexibility index (Phi) is 5.57. The Morgan fingerprint density at radius 2 is 2.08 bits per heavy atom. The Hall–Kier alpha value is -2.40. The molecule has 5 nitrogen and oxygen atoms in total. The van der Waals surface area contributed by atoms with Crippen LogP contribution in [0.1, 0.15) is 29.8 Å². The van der Waals surface area contributed by atoms with E-state index in [1.54, 1.807) is 12.1 Å². The number of halogens is 1. The third-order valence-corrected chi connectivity index (χ3v) is 4.78. The Morgan fingerprint density at radius 1 is 1.27 bits per heavy atom. The number of hydrogen-bond donors (Lipinski definition) is 1. The number of anilines is 2. The van der Waals surface area contributed by atoms with Crippen molar-refractivity contribution in [1.29, 1.82) is 0 Å². The van der Waals surface area contributed by atoms with Gasteiger partial charge in [-0.15, -0.1) is 0 Å². The predicted octanol–water partition coefficient (Wildman–Crippen LogP) is 4.38. The van der Waals surface area contributed by atoms with Gasteiger partial charge in [0.25, 0.3) is 5.91 Å². The van der Waals surface area contributed by atoms with E-state index >= 15 is 0 Å². The van der Waals surface area contributed by atoms with E-state index in [4.69, 9.17) is 21.1 Å². The lowest BCUT2D eigenvalue weighted by molar-refractivity contribution is 0.102. The molecule has 0 spiro atoms. The van der Waals surface area contributed by atoms with Gasteiger partial charge in [-0.05, 0) is 50.1 Å². The van der Waals surface area contributed by atoms with Crippen LogP contribution in [0.5, 0.6) is 11.5 Å². The van der Waals surface area contributed by atoms with Gasteiger partial charge in [0.2, 0.25) is 0 Å². The summed E-state index contributed by atoms with van der Waals surface area (Å²) in [7, 11) is 1.52. The largest absolute Gasteiger partial charge is 0.493 e. The summed E-state index contributed by atoms with van der Waals surface area (Å²) in [4.78, 5) is 15.0. The average Bonchev–Trinajstić information content (AvgIpc) is 3.05. The maximum absolute atomic E-state index is 12.7. The molecule has 0 aromatic heterocycles. The van der Waals surface area contributed by atoms with Gasteiger partial charge in [-0.1, -0.05) is 17.7 Å². The number of nitrogens with one attached hydrogen (secondary N) is 1. The van der Waals surface area contributed by atoms with Crippen molar-refractivity contribution < 1.29 is 14.3 Å². The number of fused-ring (bicyclic) bond motifs is 1. The number of ether oxygens (including phenoxy) is 2. The third-order valence-electron chi connectivity index (χ3n) is 4.50. The first kappa shape index (κ1) is 18.4. The predicted molar refractivity (Wildman–Crippen MR) is 105 cm³/mol. The van der Waals surface area contributed by atoms with Crippen molar-refractivity contribution >= 4 is 28.9 Å². The van der Waals surface area contributed by atoms with Crippen LogP contribution < -0.4 is 19.7 Å². The molecule has 0 saturated heterocycles. The second-order valence-corrected chi connectivity index (χ2v) is 6.46. The fraction of sp³-hybridized carbons (Fsp3) is 0.350. The normalized spacial score (nSPS) is 12.7. The van der Waals surface area contributed by atoms with Crippen molar-refractivity contribution in [2.75, 3.05) is 37.0 Å². The van der Waals surface area contributed by atoms with Gasteiger partial charge in [-0.3, -0.25) is 4.79 Å². The van der Waals surface area contributed by atoms with Gasteiger partial charge in [0.1, 0.15) is 0 Å². The van der Waals surface area contributed by atoms with Crippen molar-refractivity contribution in [3.05, 3.63) is 46.5 Å². The monoisotopic (exact) mass is 374 g/mol. The number of hydrogen-bond acceptors (Lipinski definition) is 4. The smallest absolute Gasteiger partial charge is 0.255 e. The van der Waals surface area contributed by atoms with Crippen molar-refractivity contribution in [3.8, 4) is 11.5 Å². The highest BCUT2D eigenvalue weighted by Crippen LogP contribution is 2.37. The molecule has 2 aromatic carbocycles. The van der Waals surface area contributed by atoms with Gasteiger partial charge < -0.3 is 19.7 Å². The number of methoxy groups -OCH3 is 1. The zero-order chi connectivity index (χ0) is 18.7. The Morgan fingerprint density at radius 3 is 2.77 bits per heavy atom. The minimum Gasteiger partial charge on any atom is -0.493 e. The molecule has 0 radical (unpaired) electrons. The van der Waals surface area contributed by atoms with Gasteiger partial charge in [-0.25, -0.2) is 0 Å². The number of likely N-dealkylation sites (N-methyl/N-ethyl adjacent to an activating group) is 1. The molecule has 0 saturated carbocycles. The van der Waals surface area contributed by atoms with Crippen molar-refractivity contribution in [3.63, 3.8) is 0 Å². The maximum Gasteiger partial charge on any atom is 0.255 e. The van der Waals surface area contributed by atoms with Gasteiger partial charge in [-0.2, -0.15) is 0 Å². The van der Waals surface area contributed by atoms with Crippen LogP contribution in [0, 0.1) is 0 Å². The lowest BCUT2D eigenvalue weighted by atomic mass is 10.1. The van der Waals surface area contributed by atoms with E-state index in [-0.39, 0.29) is 5.91 Å². The van der Waals surface area contributed by atoms with Gasteiger partial charge >= 0.3 is 0 Å². The highest BCUT2D eigenvalue weighted by molar-refractivity contribution is 6.32. The summed E-state index contributed by atoms with van der Waals surface area (Å²) in [5, 5.41) is 3.29. The topological polar surface area (TPSA) is 50.8 Å². The van der Waals surface area contributed by atoms with Crippen molar-refractivity contribution in [2.24, 2.45) is 0 Å². The van der Waals surface area contributed by atoms with Crippen LogP contribution in [0.15, 0.2) is 30.3 Å². The van der Waals surface area contributed by atoms with Crippen LogP contribution >= 0.6 is 11.6 Å². The molecule has 1 N–H and O–H groups in total. The SMILES string of the molecule is CCOc1c(Cl)cc(C(=O)Nc2ccc3c(c2)N(CC)CC3)cc1OC. The van der Waals surface area contributed by atoms with E-state index in [1.807, 2.05) is 19.1 Å². The molecule has 6 heteroatoms. The van der Waals surface area contributed by atoms with E-state index in [0.29, 0.717) is 28.7 Å². The fourth-order valence-corrected chi connectivity index (χ4v) is 3.46. The zero-order valence-corrected chi connectivity index (χ0v) is 16.0. The zero-order valence-electron chi connectivity index (χ0n) is 15.3. The summed E-state index contributed by atoms with van der Waals surface area (Å²) in [6, 6.07) is 9.26. The van der Waals surface area contributed by atoms with Crippen LogP contribution in [0.4, 0.5) is 11.4 Å². The lowest BCUT2D eigenvalue weighted by Gasteiger charge is -2.17. The van der Waals surface area contributed by atoms with E-state index in [9.17, 15) is 4.79 Å². The quantitative estimate of drug-likeness (QED) is 0.815. The first-order chi connectivity index (χ1) is 12.6. The molecule has 1 aliphatic heterocycles. The molecule has 138 valence electrons. The summed E-state index contributed by atoms with van der Waals surface area (Å²) < 4.78 is 10.8. The Balaban J connectivity index is 1.84. The highest BCUT2D eigenvalue weighted by atomic mass is 35.5. The summed E-state index contributed by atoms with van der Waals surface area (Å²) in [5.41, 5.74) is 3.68. The van der Waals surface area contributed by atoms with Gasteiger partial charge in [0, 0.05) is 30.0 Å². The summed E-state index contributed by atoms with van der Waals surface area (Å²) in [5.74, 6) is 0.647. The van der Waals surface area contributed by atoms with E-state index < -0.39 is 0 Å². The maximum atomic E-state index is 12.7. The number of nitrogens with zero attached hydrogens (tertiary/aromatic N) is 1.